The highest BCUT2D eigenvalue weighted by molar-refractivity contribution is 6.30. The average Bonchev–Trinajstić information content (AvgIpc) is 2.40. The van der Waals surface area contributed by atoms with Gasteiger partial charge in [-0.3, -0.25) is 10.1 Å². The van der Waals surface area contributed by atoms with E-state index in [1.54, 1.807) is 0 Å². The zero-order valence-corrected chi connectivity index (χ0v) is 10.7. The predicted octanol–water partition coefficient (Wildman–Crippen LogP) is 4.11. The molecule has 0 unspecified atom stereocenters. The largest absolute Gasteiger partial charge is 0.482 e. The van der Waals surface area contributed by atoms with E-state index in [-0.39, 0.29) is 28.6 Å². The van der Waals surface area contributed by atoms with Gasteiger partial charge in [-0.2, -0.15) is 0 Å². The van der Waals surface area contributed by atoms with Gasteiger partial charge in [0.1, 0.15) is 6.61 Å². The highest BCUT2D eigenvalue weighted by atomic mass is 35.5. The highest BCUT2D eigenvalue weighted by Crippen LogP contribution is 2.30. The molecule has 0 saturated carbocycles. The predicted molar refractivity (Wildman–Crippen MR) is 68.8 cm³/mol. The first kappa shape index (κ1) is 14.2. The van der Waals surface area contributed by atoms with E-state index in [1.165, 1.54) is 30.3 Å². The van der Waals surface area contributed by atoms with Crippen molar-refractivity contribution in [2.75, 3.05) is 0 Å². The van der Waals surface area contributed by atoms with Crippen molar-refractivity contribution in [3.05, 3.63) is 68.7 Å². The molecule has 0 aromatic heterocycles. The normalized spacial score (nSPS) is 10.3. The van der Waals surface area contributed by atoms with Gasteiger partial charge in [0.25, 0.3) is 0 Å². The molecule has 0 bridgehead atoms. The van der Waals surface area contributed by atoms with Crippen LogP contribution >= 0.6 is 11.6 Å². The third-order valence-corrected chi connectivity index (χ3v) is 2.77. The summed E-state index contributed by atoms with van der Waals surface area (Å²) in [6, 6.07) is 7.39. The molecule has 0 heterocycles. The van der Waals surface area contributed by atoms with E-state index in [0.29, 0.717) is 0 Å². The molecule has 0 aliphatic heterocycles. The molecule has 4 nitrogen and oxygen atoms in total. The van der Waals surface area contributed by atoms with Crippen LogP contribution in [0, 0.1) is 21.7 Å². The van der Waals surface area contributed by atoms with E-state index in [1.807, 2.05) is 0 Å². The van der Waals surface area contributed by atoms with Gasteiger partial charge < -0.3 is 4.74 Å². The van der Waals surface area contributed by atoms with Crippen LogP contribution in [-0.2, 0) is 6.61 Å². The molecular weight excluding hydrogens is 292 g/mol. The summed E-state index contributed by atoms with van der Waals surface area (Å²) in [5.74, 6) is -2.16. The van der Waals surface area contributed by atoms with Crippen LogP contribution in [0.5, 0.6) is 5.75 Å². The number of nitrogens with zero attached hydrogens (tertiary/aromatic N) is 1. The SMILES string of the molecule is O=[N+]([O-])c1ccc(Cl)cc1OCc1cccc(F)c1F. The third-order valence-electron chi connectivity index (χ3n) is 2.53. The second-order valence-electron chi connectivity index (χ2n) is 3.87. The fourth-order valence-electron chi connectivity index (χ4n) is 1.57. The maximum absolute atomic E-state index is 13.4. The Morgan fingerprint density at radius 2 is 2.00 bits per heavy atom. The van der Waals surface area contributed by atoms with Crippen molar-refractivity contribution < 1.29 is 18.4 Å². The molecule has 0 spiro atoms. The Kier molecular flexibility index (Phi) is 4.14. The Labute approximate surface area is 117 Å². The second kappa shape index (κ2) is 5.83. The number of nitro benzene ring substituents is 1. The smallest absolute Gasteiger partial charge is 0.311 e. The minimum absolute atomic E-state index is 0.0423. The molecule has 2 aromatic rings. The quantitative estimate of drug-likeness (QED) is 0.630. The number of benzene rings is 2. The van der Waals surface area contributed by atoms with Gasteiger partial charge in [0.2, 0.25) is 0 Å². The van der Waals surface area contributed by atoms with Gasteiger partial charge in [-0.15, -0.1) is 0 Å². The standard InChI is InChI=1S/C13H8ClF2NO3/c14-9-4-5-11(17(18)19)12(6-9)20-7-8-2-1-3-10(15)13(8)16/h1-6H,7H2. The van der Waals surface area contributed by atoms with E-state index in [9.17, 15) is 18.9 Å². The summed E-state index contributed by atoms with van der Waals surface area (Å²) in [5.41, 5.74) is -0.342. The lowest BCUT2D eigenvalue weighted by Gasteiger charge is -2.08. The number of nitro groups is 1. The topological polar surface area (TPSA) is 52.4 Å². The summed E-state index contributed by atoms with van der Waals surface area (Å²) in [6.07, 6.45) is 0. The van der Waals surface area contributed by atoms with Gasteiger partial charge in [-0.25, -0.2) is 8.78 Å². The van der Waals surface area contributed by atoms with E-state index in [0.717, 1.165) is 6.07 Å². The van der Waals surface area contributed by atoms with Crippen molar-refractivity contribution in [3.8, 4) is 5.75 Å². The summed E-state index contributed by atoms with van der Waals surface area (Å²) in [6.45, 7) is -0.342. The first-order valence-corrected chi connectivity index (χ1v) is 5.86. The maximum Gasteiger partial charge on any atom is 0.311 e. The van der Waals surface area contributed by atoms with E-state index in [2.05, 4.69) is 0 Å². The molecule has 104 valence electrons. The Morgan fingerprint density at radius 3 is 2.70 bits per heavy atom. The average molecular weight is 300 g/mol. The van der Waals surface area contributed by atoms with Gasteiger partial charge in [-0.05, 0) is 12.1 Å². The molecule has 0 N–H and O–H groups in total. The molecule has 0 atom stereocenters. The Hall–Kier alpha value is -2.21. The van der Waals surface area contributed by atoms with Crippen molar-refractivity contribution in [1.82, 2.24) is 0 Å². The molecule has 0 amide bonds. The zero-order valence-electron chi connectivity index (χ0n) is 9.98. The van der Waals surface area contributed by atoms with Crippen LogP contribution in [-0.4, -0.2) is 4.92 Å². The number of hydrogen-bond donors (Lipinski definition) is 0. The van der Waals surface area contributed by atoms with Gasteiger partial charge >= 0.3 is 5.69 Å². The molecule has 0 radical (unpaired) electrons. The van der Waals surface area contributed by atoms with Crippen LogP contribution in [0.3, 0.4) is 0 Å². The molecule has 2 aromatic carbocycles. The third kappa shape index (κ3) is 3.03. The minimum atomic E-state index is -1.04. The van der Waals surface area contributed by atoms with Crippen molar-refractivity contribution in [2.24, 2.45) is 0 Å². The summed E-state index contributed by atoms with van der Waals surface area (Å²) < 4.78 is 31.6. The van der Waals surface area contributed by atoms with Crippen LogP contribution in [0.4, 0.5) is 14.5 Å². The molecule has 7 heteroatoms. The van der Waals surface area contributed by atoms with Crippen LogP contribution in [0.1, 0.15) is 5.56 Å². The molecule has 20 heavy (non-hydrogen) atoms. The summed E-state index contributed by atoms with van der Waals surface area (Å²) in [4.78, 5) is 10.2. The lowest BCUT2D eigenvalue weighted by Crippen LogP contribution is -2.02. The second-order valence-corrected chi connectivity index (χ2v) is 4.31. The molecule has 2 rings (SSSR count). The minimum Gasteiger partial charge on any atom is -0.482 e. The zero-order chi connectivity index (χ0) is 14.7. The van der Waals surface area contributed by atoms with E-state index in [4.69, 9.17) is 16.3 Å². The van der Waals surface area contributed by atoms with Gasteiger partial charge in [0, 0.05) is 22.7 Å². The molecular formula is C13H8ClF2NO3. The lowest BCUT2D eigenvalue weighted by atomic mass is 10.2. The Balaban J connectivity index is 2.24. The summed E-state index contributed by atoms with van der Waals surface area (Å²) in [5, 5.41) is 11.1. The molecule has 0 saturated heterocycles. The fourth-order valence-corrected chi connectivity index (χ4v) is 1.73. The van der Waals surface area contributed by atoms with Crippen LogP contribution in [0.25, 0.3) is 0 Å². The van der Waals surface area contributed by atoms with Crippen molar-refractivity contribution in [3.63, 3.8) is 0 Å². The van der Waals surface area contributed by atoms with Gasteiger partial charge in [0.15, 0.2) is 17.4 Å². The van der Waals surface area contributed by atoms with Crippen molar-refractivity contribution in [1.29, 1.82) is 0 Å². The van der Waals surface area contributed by atoms with E-state index < -0.39 is 16.6 Å². The highest BCUT2D eigenvalue weighted by Gasteiger charge is 2.16. The summed E-state index contributed by atoms with van der Waals surface area (Å²) in [7, 11) is 0. The summed E-state index contributed by atoms with van der Waals surface area (Å²) >= 11 is 5.72. The maximum atomic E-state index is 13.4. The van der Waals surface area contributed by atoms with E-state index >= 15 is 0 Å². The van der Waals surface area contributed by atoms with Crippen molar-refractivity contribution in [2.45, 2.75) is 6.61 Å². The number of hydrogen-bond acceptors (Lipinski definition) is 3. The van der Waals surface area contributed by atoms with Crippen LogP contribution in [0.2, 0.25) is 5.02 Å². The first-order valence-electron chi connectivity index (χ1n) is 5.48. The van der Waals surface area contributed by atoms with Crippen LogP contribution < -0.4 is 4.74 Å². The lowest BCUT2D eigenvalue weighted by molar-refractivity contribution is -0.385. The molecule has 0 aliphatic rings. The van der Waals surface area contributed by atoms with Crippen molar-refractivity contribution >= 4 is 17.3 Å². The molecule has 0 aliphatic carbocycles. The first-order chi connectivity index (χ1) is 9.49. The van der Waals surface area contributed by atoms with Gasteiger partial charge in [0.05, 0.1) is 4.92 Å². The number of halogens is 3. The number of rotatable bonds is 4. The van der Waals surface area contributed by atoms with Crippen LogP contribution in [0.15, 0.2) is 36.4 Å². The molecule has 0 fully saturated rings. The Bertz CT molecular complexity index is 664. The Morgan fingerprint density at radius 1 is 1.25 bits per heavy atom. The number of ether oxygens (including phenoxy) is 1. The monoisotopic (exact) mass is 299 g/mol. The van der Waals surface area contributed by atoms with Gasteiger partial charge in [-0.1, -0.05) is 23.7 Å². The fraction of sp³-hybridized carbons (Fsp3) is 0.0769.